The number of nitrogens with zero attached hydrogens (tertiary/aromatic N) is 1. The molecule has 0 saturated heterocycles. The van der Waals surface area contributed by atoms with E-state index in [1.54, 1.807) is 12.1 Å². The summed E-state index contributed by atoms with van der Waals surface area (Å²) in [4.78, 5) is 11.1. The number of ether oxygens (including phenoxy) is 1. The Hall–Kier alpha value is -2.02. The third kappa shape index (κ3) is 2.08. The number of benzene rings is 1. The summed E-state index contributed by atoms with van der Waals surface area (Å²) in [5, 5.41) is 8.69. The number of primary amides is 1. The average Bonchev–Trinajstić information content (AvgIpc) is 3.02. The van der Waals surface area contributed by atoms with Gasteiger partial charge in [-0.05, 0) is 31.0 Å². The highest BCUT2D eigenvalue weighted by molar-refractivity contribution is 5.96. The third-order valence-corrected chi connectivity index (χ3v) is 2.19. The average molecular weight is 202 g/mol. The molecule has 1 aromatic carbocycles. The van der Waals surface area contributed by atoms with Gasteiger partial charge in [0, 0.05) is 0 Å². The number of carbonyl (C=O) groups excluding carboxylic acids is 1. The van der Waals surface area contributed by atoms with Gasteiger partial charge < -0.3 is 10.5 Å². The first-order valence-corrected chi connectivity index (χ1v) is 4.71. The van der Waals surface area contributed by atoms with E-state index in [0.29, 0.717) is 11.3 Å². The topological polar surface area (TPSA) is 76.1 Å². The summed E-state index contributed by atoms with van der Waals surface area (Å²) in [6.45, 7) is 0. The van der Waals surface area contributed by atoms with E-state index in [1.165, 1.54) is 6.07 Å². The highest BCUT2D eigenvalue weighted by Gasteiger charge is 2.25. The standard InChI is InChI=1S/C11H10N2O2/c12-6-7-1-4-10(15-8-2-3-8)9(5-7)11(13)14/h1,4-5,8H,2-3H2,(H2,13,14). The molecule has 0 aromatic heterocycles. The van der Waals surface area contributed by atoms with E-state index >= 15 is 0 Å². The molecule has 0 bridgehead atoms. The molecule has 0 heterocycles. The molecule has 1 fully saturated rings. The van der Waals surface area contributed by atoms with Crippen LogP contribution in [0.4, 0.5) is 0 Å². The molecule has 15 heavy (non-hydrogen) atoms. The summed E-state index contributed by atoms with van der Waals surface area (Å²) >= 11 is 0. The maximum atomic E-state index is 11.1. The van der Waals surface area contributed by atoms with Gasteiger partial charge in [-0.3, -0.25) is 4.79 Å². The maximum absolute atomic E-state index is 11.1. The molecule has 4 heteroatoms. The van der Waals surface area contributed by atoms with Crippen molar-refractivity contribution in [2.75, 3.05) is 0 Å². The van der Waals surface area contributed by atoms with Crippen molar-refractivity contribution in [1.82, 2.24) is 0 Å². The Labute approximate surface area is 87.3 Å². The Kier molecular flexibility index (Phi) is 2.30. The lowest BCUT2D eigenvalue weighted by molar-refractivity contribution is 0.0996. The van der Waals surface area contributed by atoms with Crippen LogP contribution < -0.4 is 10.5 Å². The van der Waals surface area contributed by atoms with Crippen LogP contribution in [0.15, 0.2) is 18.2 Å². The second-order valence-electron chi connectivity index (χ2n) is 3.50. The van der Waals surface area contributed by atoms with E-state index in [2.05, 4.69) is 0 Å². The first kappa shape index (κ1) is 9.53. The van der Waals surface area contributed by atoms with E-state index in [1.807, 2.05) is 6.07 Å². The van der Waals surface area contributed by atoms with Gasteiger partial charge in [-0.25, -0.2) is 0 Å². The molecule has 1 amide bonds. The monoisotopic (exact) mass is 202 g/mol. The van der Waals surface area contributed by atoms with E-state index in [4.69, 9.17) is 15.7 Å². The zero-order valence-corrected chi connectivity index (χ0v) is 8.06. The van der Waals surface area contributed by atoms with E-state index in [-0.39, 0.29) is 11.7 Å². The van der Waals surface area contributed by atoms with E-state index in [9.17, 15) is 4.79 Å². The third-order valence-electron chi connectivity index (χ3n) is 2.19. The number of rotatable bonds is 3. The number of carbonyl (C=O) groups is 1. The van der Waals surface area contributed by atoms with Crippen LogP contribution >= 0.6 is 0 Å². The van der Waals surface area contributed by atoms with Crippen molar-refractivity contribution in [3.05, 3.63) is 29.3 Å². The number of nitrogens with two attached hydrogens (primary N) is 1. The SMILES string of the molecule is N#Cc1ccc(OC2CC2)c(C(N)=O)c1. The molecular formula is C11H10N2O2. The highest BCUT2D eigenvalue weighted by Crippen LogP contribution is 2.29. The summed E-state index contributed by atoms with van der Waals surface area (Å²) in [7, 11) is 0. The number of hydrogen-bond acceptors (Lipinski definition) is 3. The molecule has 0 spiro atoms. The van der Waals surface area contributed by atoms with Crippen molar-refractivity contribution < 1.29 is 9.53 Å². The molecule has 0 aliphatic heterocycles. The lowest BCUT2D eigenvalue weighted by Gasteiger charge is -2.08. The minimum absolute atomic E-state index is 0.205. The molecule has 1 aromatic rings. The minimum atomic E-state index is -0.567. The van der Waals surface area contributed by atoms with Crippen LogP contribution in [-0.4, -0.2) is 12.0 Å². The van der Waals surface area contributed by atoms with Crippen LogP contribution in [0.3, 0.4) is 0 Å². The molecule has 0 atom stereocenters. The van der Waals surface area contributed by atoms with Crippen LogP contribution in [0.1, 0.15) is 28.8 Å². The van der Waals surface area contributed by atoms with Gasteiger partial charge in [0.1, 0.15) is 5.75 Å². The van der Waals surface area contributed by atoms with Crippen molar-refractivity contribution in [3.63, 3.8) is 0 Å². The van der Waals surface area contributed by atoms with Crippen LogP contribution in [0.2, 0.25) is 0 Å². The van der Waals surface area contributed by atoms with Gasteiger partial charge in [0.25, 0.3) is 5.91 Å². The predicted octanol–water partition coefficient (Wildman–Crippen LogP) is 1.20. The molecule has 1 aliphatic carbocycles. The summed E-state index contributed by atoms with van der Waals surface area (Å²) < 4.78 is 5.51. The first-order valence-electron chi connectivity index (χ1n) is 4.71. The van der Waals surface area contributed by atoms with Crippen molar-refractivity contribution >= 4 is 5.91 Å². The molecule has 1 saturated carbocycles. The quantitative estimate of drug-likeness (QED) is 0.800. The lowest BCUT2D eigenvalue weighted by atomic mass is 10.1. The second-order valence-corrected chi connectivity index (χ2v) is 3.50. The Balaban J connectivity index is 2.35. The lowest BCUT2D eigenvalue weighted by Crippen LogP contribution is -2.13. The summed E-state index contributed by atoms with van der Waals surface area (Å²) in [6, 6.07) is 6.65. The first-order chi connectivity index (χ1) is 7.20. The fourth-order valence-corrected chi connectivity index (χ4v) is 1.26. The molecule has 4 nitrogen and oxygen atoms in total. The molecule has 76 valence electrons. The van der Waals surface area contributed by atoms with Gasteiger partial charge in [0.05, 0.1) is 23.3 Å². The fraction of sp³-hybridized carbons (Fsp3) is 0.273. The van der Waals surface area contributed by atoms with Gasteiger partial charge >= 0.3 is 0 Å². The Morgan fingerprint density at radius 1 is 1.53 bits per heavy atom. The van der Waals surface area contributed by atoms with Gasteiger partial charge in [0.15, 0.2) is 0 Å². The summed E-state index contributed by atoms with van der Waals surface area (Å²) in [5.74, 6) is -0.0910. The smallest absolute Gasteiger partial charge is 0.252 e. The molecule has 2 N–H and O–H groups in total. The van der Waals surface area contributed by atoms with E-state index in [0.717, 1.165) is 12.8 Å². The van der Waals surface area contributed by atoms with Crippen LogP contribution in [0.5, 0.6) is 5.75 Å². The van der Waals surface area contributed by atoms with E-state index < -0.39 is 5.91 Å². The van der Waals surface area contributed by atoms with Gasteiger partial charge in [-0.15, -0.1) is 0 Å². The summed E-state index contributed by atoms with van der Waals surface area (Å²) in [5.41, 5.74) is 5.89. The number of amides is 1. The molecular weight excluding hydrogens is 192 g/mol. The van der Waals surface area contributed by atoms with Crippen molar-refractivity contribution in [3.8, 4) is 11.8 Å². The largest absolute Gasteiger partial charge is 0.490 e. The highest BCUT2D eigenvalue weighted by atomic mass is 16.5. The summed E-state index contributed by atoms with van der Waals surface area (Å²) in [6.07, 6.45) is 2.23. The number of nitriles is 1. The van der Waals surface area contributed by atoms with Gasteiger partial charge in [-0.2, -0.15) is 5.26 Å². The van der Waals surface area contributed by atoms with Crippen molar-refractivity contribution in [2.24, 2.45) is 5.73 Å². The maximum Gasteiger partial charge on any atom is 0.252 e. The molecule has 0 radical (unpaired) electrons. The van der Waals surface area contributed by atoms with Crippen molar-refractivity contribution in [2.45, 2.75) is 18.9 Å². The Bertz CT molecular complexity index is 444. The normalized spacial score (nSPS) is 14.3. The van der Waals surface area contributed by atoms with Gasteiger partial charge in [0.2, 0.25) is 0 Å². The molecule has 2 rings (SSSR count). The Morgan fingerprint density at radius 3 is 2.80 bits per heavy atom. The second kappa shape index (κ2) is 3.62. The zero-order chi connectivity index (χ0) is 10.8. The van der Waals surface area contributed by atoms with Crippen LogP contribution in [0.25, 0.3) is 0 Å². The minimum Gasteiger partial charge on any atom is -0.490 e. The number of hydrogen-bond donors (Lipinski definition) is 1. The fourth-order valence-electron chi connectivity index (χ4n) is 1.26. The molecule has 1 aliphatic rings. The Morgan fingerprint density at radius 2 is 2.27 bits per heavy atom. The molecule has 0 unspecified atom stereocenters. The van der Waals surface area contributed by atoms with Crippen molar-refractivity contribution in [1.29, 1.82) is 5.26 Å². The van der Waals surface area contributed by atoms with Gasteiger partial charge in [-0.1, -0.05) is 0 Å². The zero-order valence-electron chi connectivity index (χ0n) is 8.06. The van der Waals surface area contributed by atoms with Crippen LogP contribution in [-0.2, 0) is 0 Å². The van der Waals surface area contributed by atoms with Crippen LogP contribution in [0, 0.1) is 11.3 Å². The predicted molar refractivity (Wildman–Crippen MR) is 53.3 cm³/mol.